The molecule has 0 radical (unpaired) electrons. The summed E-state index contributed by atoms with van der Waals surface area (Å²) in [5.74, 6) is 1.39. The second-order valence-corrected chi connectivity index (χ2v) is 7.54. The van der Waals surface area contributed by atoms with Gasteiger partial charge < -0.3 is 20.1 Å². The molecular formula is C26H22N6O3. The largest absolute Gasteiger partial charge is 0.493 e. The first-order chi connectivity index (χ1) is 17.2. The van der Waals surface area contributed by atoms with Crippen molar-refractivity contribution in [2.24, 2.45) is 0 Å². The highest BCUT2D eigenvalue weighted by Gasteiger charge is 2.12. The van der Waals surface area contributed by atoms with Crippen LogP contribution in [0.4, 0.5) is 17.2 Å². The van der Waals surface area contributed by atoms with Gasteiger partial charge in [-0.1, -0.05) is 36.4 Å². The van der Waals surface area contributed by atoms with Gasteiger partial charge >= 0.3 is 0 Å². The number of amides is 1. The lowest BCUT2D eigenvalue weighted by atomic mass is 10.2. The maximum Gasteiger partial charge on any atom is 0.262 e. The number of hydrogen-bond acceptors (Lipinski definition) is 7. The highest BCUT2D eigenvalue weighted by Crippen LogP contribution is 2.27. The molecule has 9 heteroatoms. The summed E-state index contributed by atoms with van der Waals surface area (Å²) in [5.41, 5.74) is 2.97. The molecule has 0 aliphatic rings. The fourth-order valence-electron chi connectivity index (χ4n) is 3.59. The number of carbonyl (C=O) groups excluding carboxylic acids is 1. The number of benzene rings is 3. The molecule has 0 aliphatic carbocycles. The van der Waals surface area contributed by atoms with E-state index in [0.29, 0.717) is 28.7 Å². The Morgan fingerprint density at radius 2 is 1.69 bits per heavy atom. The second-order valence-electron chi connectivity index (χ2n) is 7.54. The number of methoxy groups -OCH3 is 1. The molecule has 5 rings (SSSR count). The van der Waals surface area contributed by atoms with Crippen molar-refractivity contribution in [2.75, 3.05) is 24.4 Å². The van der Waals surface area contributed by atoms with E-state index in [-0.39, 0.29) is 12.5 Å². The normalized spacial score (nSPS) is 10.7. The number of aromatic nitrogens is 4. The lowest BCUT2D eigenvalue weighted by molar-refractivity contribution is -0.118. The highest BCUT2D eigenvalue weighted by atomic mass is 16.5. The smallest absolute Gasteiger partial charge is 0.262 e. The molecule has 0 bridgehead atoms. The molecule has 0 fully saturated rings. The molecule has 35 heavy (non-hydrogen) atoms. The van der Waals surface area contributed by atoms with Crippen molar-refractivity contribution >= 4 is 34.1 Å². The molecule has 0 atom stereocenters. The number of para-hydroxylation sites is 3. The van der Waals surface area contributed by atoms with Gasteiger partial charge in [-0.15, -0.1) is 0 Å². The number of anilines is 3. The van der Waals surface area contributed by atoms with Gasteiger partial charge in [0.05, 0.1) is 24.4 Å². The number of nitrogens with one attached hydrogen (secondary N) is 2. The van der Waals surface area contributed by atoms with Gasteiger partial charge in [-0.2, -0.15) is 5.10 Å². The van der Waals surface area contributed by atoms with Crippen LogP contribution >= 0.6 is 0 Å². The third-order valence-electron chi connectivity index (χ3n) is 5.20. The Balaban J connectivity index is 1.29. The summed E-state index contributed by atoms with van der Waals surface area (Å²) in [6, 6.07) is 24.3. The summed E-state index contributed by atoms with van der Waals surface area (Å²) in [6.07, 6.45) is 3.22. The van der Waals surface area contributed by atoms with E-state index >= 15 is 0 Å². The van der Waals surface area contributed by atoms with Gasteiger partial charge in [0, 0.05) is 11.4 Å². The molecule has 0 unspecified atom stereocenters. The summed E-state index contributed by atoms with van der Waals surface area (Å²) in [6.45, 7) is -0.150. The van der Waals surface area contributed by atoms with E-state index in [2.05, 4.69) is 25.7 Å². The number of ether oxygens (including phenoxy) is 2. The van der Waals surface area contributed by atoms with E-state index < -0.39 is 0 Å². The summed E-state index contributed by atoms with van der Waals surface area (Å²) < 4.78 is 12.6. The maximum atomic E-state index is 12.4. The SMILES string of the molecule is COc1ccccc1OCC(=O)Nc1cccc(Nc2ncnc3c2cnn3-c2ccccc2)c1. The number of rotatable bonds is 8. The number of fused-ring (bicyclic) bond motifs is 1. The van der Waals surface area contributed by atoms with Crippen molar-refractivity contribution in [3.63, 3.8) is 0 Å². The van der Waals surface area contributed by atoms with Crippen LogP contribution in [0.15, 0.2) is 91.4 Å². The van der Waals surface area contributed by atoms with Crippen molar-refractivity contribution in [2.45, 2.75) is 0 Å². The molecule has 0 saturated carbocycles. The predicted octanol–water partition coefficient (Wildman–Crippen LogP) is 4.59. The fourth-order valence-corrected chi connectivity index (χ4v) is 3.59. The standard InChI is InChI=1S/C26H22N6O3/c1-34-22-12-5-6-13-23(22)35-16-24(33)30-18-8-7-9-19(14-18)31-25-21-15-29-32(26(21)28-17-27-25)20-10-3-2-4-11-20/h2-15,17H,16H2,1H3,(H,30,33)(H,27,28,31). The van der Waals surface area contributed by atoms with Crippen LogP contribution in [0.2, 0.25) is 0 Å². The lowest BCUT2D eigenvalue weighted by Crippen LogP contribution is -2.20. The Morgan fingerprint density at radius 3 is 2.51 bits per heavy atom. The van der Waals surface area contributed by atoms with Gasteiger partial charge in [0.15, 0.2) is 23.8 Å². The molecule has 0 spiro atoms. The van der Waals surface area contributed by atoms with Gasteiger partial charge in [0.2, 0.25) is 0 Å². The summed E-state index contributed by atoms with van der Waals surface area (Å²) >= 11 is 0. The third kappa shape index (κ3) is 4.88. The predicted molar refractivity (Wildman–Crippen MR) is 134 cm³/mol. The molecular weight excluding hydrogens is 444 g/mol. The highest BCUT2D eigenvalue weighted by molar-refractivity contribution is 5.93. The molecule has 5 aromatic rings. The Bertz CT molecular complexity index is 1470. The topological polar surface area (TPSA) is 103 Å². The van der Waals surface area contributed by atoms with Crippen LogP contribution in [0, 0.1) is 0 Å². The van der Waals surface area contributed by atoms with E-state index in [1.54, 1.807) is 36.2 Å². The van der Waals surface area contributed by atoms with Crippen LogP contribution < -0.4 is 20.1 Å². The molecule has 1 amide bonds. The molecule has 0 aliphatic heterocycles. The Kier molecular flexibility index (Phi) is 6.21. The van der Waals surface area contributed by atoms with E-state index in [9.17, 15) is 4.79 Å². The zero-order valence-electron chi connectivity index (χ0n) is 18.9. The van der Waals surface area contributed by atoms with Crippen molar-refractivity contribution in [3.8, 4) is 17.2 Å². The molecule has 2 N–H and O–H groups in total. The molecule has 9 nitrogen and oxygen atoms in total. The van der Waals surface area contributed by atoms with Crippen LogP contribution in [-0.4, -0.2) is 39.4 Å². The van der Waals surface area contributed by atoms with Crippen LogP contribution in [0.1, 0.15) is 0 Å². The second kappa shape index (κ2) is 9.92. The Labute approximate surface area is 201 Å². The lowest BCUT2D eigenvalue weighted by Gasteiger charge is -2.12. The van der Waals surface area contributed by atoms with E-state index in [0.717, 1.165) is 16.8 Å². The Hall–Kier alpha value is -4.92. The maximum absolute atomic E-state index is 12.4. The summed E-state index contributed by atoms with van der Waals surface area (Å²) in [7, 11) is 1.55. The first-order valence-corrected chi connectivity index (χ1v) is 10.9. The van der Waals surface area contributed by atoms with Gasteiger partial charge in [0.25, 0.3) is 5.91 Å². The zero-order valence-corrected chi connectivity index (χ0v) is 18.9. The molecule has 2 aromatic heterocycles. The Morgan fingerprint density at radius 1 is 0.914 bits per heavy atom. The quantitative estimate of drug-likeness (QED) is 0.345. The minimum absolute atomic E-state index is 0.150. The van der Waals surface area contributed by atoms with Crippen LogP contribution in [0.3, 0.4) is 0 Å². The molecule has 0 saturated heterocycles. The van der Waals surface area contributed by atoms with Gasteiger partial charge in [0.1, 0.15) is 12.1 Å². The van der Waals surface area contributed by atoms with Crippen molar-refractivity contribution in [1.29, 1.82) is 0 Å². The molecule has 2 heterocycles. The summed E-state index contributed by atoms with van der Waals surface area (Å²) in [4.78, 5) is 21.2. The number of nitrogens with zero attached hydrogens (tertiary/aromatic N) is 4. The minimum atomic E-state index is -0.290. The first kappa shape index (κ1) is 21.9. The molecule has 3 aromatic carbocycles. The van der Waals surface area contributed by atoms with E-state index in [1.165, 1.54) is 6.33 Å². The van der Waals surface area contributed by atoms with Crippen LogP contribution in [-0.2, 0) is 4.79 Å². The molecule has 174 valence electrons. The fraction of sp³-hybridized carbons (Fsp3) is 0.0769. The average Bonchev–Trinajstić information content (AvgIpc) is 3.34. The van der Waals surface area contributed by atoms with Crippen molar-refractivity contribution < 1.29 is 14.3 Å². The average molecular weight is 467 g/mol. The van der Waals surface area contributed by atoms with Gasteiger partial charge in [-0.05, 0) is 42.5 Å². The van der Waals surface area contributed by atoms with Gasteiger partial charge in [-0.25, -0.2) is 14.6 Å². The van der Waals surface area contributed by atoms with Crippen molar-refractivity contribution in [3.05, 3.63) is 91.4 Å². The van der Waals surface area contributed by atoms with Crippen LogP contribution in [0.5, 0.6) is 11.5 Å². The number of carbonyl (C=O) groups is 1. The van der Waals surface area contributed by atoms with Crippen molar-refractivity contribution in [1.82, 2.24) is 19.7 Å². The minimum Gasteiger partial charge on any atom is -0.493 e. The van der Waals surface area contributed by atoms with Crippen LogP contribution in [0.25, 0.3) is 16.7 Å². The summed E-state index contributed by atoms with van der Waals surface area (Å²) in [5, 5.41) is 11.4. The van der Waals surface area contributed by atoms with E-state index in [1.807, 2.05) is 60.7 Å². The monoisotopic (exact) mass is 466 g/mol. The first-order valence-electron chi connectivity index (χ1n) is 10.9. The van der Waals surface area contributed by atoms with E-state index in [4.69, 9.17) is 9.47 Å². The van der Waals surface area contributed by atoms with Gasteiger partial charge in [-0.3, -0.25) is 4.79 Å². The number of hydrogen-bond donors (Lipinski definition) is 2. The third-order valence-corrected chi connectivity index (χ3v) is 5.20. The zero-order chi connectivity index (χ0) is 24.0.